The van der Waals surface area contributed by atoms with Crippen molar-refractivity contribution in [3.63, 3.8) is 0 Å². The molecule has 0 saturated carbocycles. The summed E-state index contributed by atoms with van der Waals surface area (Å²) >= 11 is 0. The van der Waals surface area contributed by atoms with Gasteiger partial charge < -0.3 is 0 Å². The van der Waals surface area contributed by atoms with E-state index in [1.807, 2.05) is 0 Å². The van der Waals surface area contributed by atoms with Crippen LogP contribution in [0.1, 0.15) is 7.43 Å². The quantitative estimate of drug-likeness (QED) is 0.517. The second kappa shape index (κ2) is 20.2. The Morgan fingerprint density at radius 1 is 1.00 bits per heavy atom. The third-order valence-corrected chi connectivity index (χ3v) is 0. The number of hydrogen-bond acceptors (Lipinski definition) is 0. The van der Waals surface area contributed by atoms with E-state index in [4.69, 9.17) is 0 Å². The molecule has 0 N–H and O–H groups in total. The van der Waals surface area contributed by atoms with Gasteiger partial charge in [-0.3, -0.25) is 0 Å². The minimum absolute atomic E-state index is 0. The Balaban J connectivity index is 0. The van der Waals surface area contributed by atoms with Crippen LogP contribution in [0.15, 0.2) is 0 Å². The molecule has 0 nitrogen and oxygen atoms in total. The maximum Gasteiger partial charge on any atom is 0 e. The van der Waals surface area contributed by atoms with Crippen molar-refractivity contribution in [1.82, 2.24) is 0 Å². The van der Waals surface area contributed by atoms with E-state index in [1.165, 1.54) is 0 Å². The predicted octanol–water partition coefficient (Wildman–Crippen LogP) is 0.629. The average Bonchev–Trinajstić information content (AvgIpc) is 0. The first-order valence-electron chi connectivity index (χ1n) is 0. The van der Waals surface area contributed by atoms with E-state index < -0.39 is 0 Å². The van der Waals surface area contributed by atoms with Crippen LogP contribution < -0.4 is 0 Å². The molecule has 0 rings (SSSR count). The van der Waals surface area contributed by atoms with Gasteiger partial charge in [-0.25, -0.2) is 0 Å². The molecule has 0 spiro atoms. The molecule has 0 amide bonds. The number of rotatable bonds is 0. The van der Waals surface area contributed by atoms with Crippen LogP contribution >= 0.6 is 0 Å². The molecule has 0 unspecified atom stereocenters. The van der Waals surface area contributed by atoms with E-state index in [-0.39, 0.29) is 68.6 Å². The smallest absolute Gasteiger partial charge is 0 e. The zero-order valence-electron chi connectivity index (χ0n) is 1.30. The van der Waals surface area contributed by atoms with Gasteiger partial charge >= 0.3 is 0 Å². The molecule has 3 heteroatoms. The fourth-order valence-electron chi connectivity index (χ4n) is 0. The van der Waals surface area contributed by atoms with Crippen molar-refractivity contribution in [2.24, 2.45) is 0 Å². The van der Waals surface area contributed by atoms with Crippen LogP contribution in [0.3, 0.4) is 0 Å². The van der Waals surface area contributed by atoms with Crippen molar-refractivity contribution >= 4 is 0 Å². The molecule has 0 aliphatic heterocycles. The molecule has 0 saturated heterocycles. The summed E-state index contributed by atoms with van der Waals surface area (Å²) in [6, 6.07) is 0. The van der Waals surface area contributed by atoms with Gasteiger partial charge in [-0.05, 0) is 0 Å². The summed E-state index contributed by atoms with van der Waals surface area (Å²) in [7, 11) is 0. The molecular formula is CH4FeNbTi. The van der Waals surface area contributed by atoms with Crippen molar-refractivity contribution in [3.05, 3.63) is 0 Å². The third-order valence-electron chi connectivity index (χ3n) is 0. The predicted molar refractivity (Wildman–Crippen MR) is 6.73 cm³/mol. The molecular weight excluding hydrogens is 209 g/mol. The van der Waals surface area contributed by atoms with Gasteiger partial charge in [0.2, 0.25) is 0 Å². The fraction of sp³-hybridized carbons (Fsp3) is 1.00. The summed E-state index contributed by atoms with van der Waals surface area (Å²) < 4.78 is 0. The van der Waals surface area contributed by atoms with Gasteiger partial charge in [0.05, 0.1) is 0 Å². The third kappa shape index (κ3) is 9.02. The largest absolute Gasteiger partial charge is 0.0776 e. The standard InChI is InChI=1S/CH4.Fe.Nb.Ti/h1H4;;;. The van der Waals surface area contributed by atoms with Crippen LogP contribution in [0.5, 0.6) is 0 Å². The molecule has 0 aliphatic rings. The molecule has 0 atom stereocenters. The Bertz CT molecular complexity index is 8.00. The maximum absolute atomic E-state index is 0. The molecule has 0 aromatic rings. The van der Waals surface area contributed by atoms with Gasteiger partial charge in [0.15, 0.2) is 0 Å². The second-order valence-electron chi connectivity index (χ2n) is 0. The molecule has 0 fully saturated rings. The Morgan fingerprint density at radius 2 is 1.00 bits per heavy atom. The summed E-state index contributed by atoms with van der Waals surface area (Å²) in [5.74, 6) is 0. The van der Waals surface area contributed by atoms with Gasteiger partial charge in [-0.2, -0.15) is 0 Å². The van der Waals surface area contributed by atoms with Crippen molar-refractivity contribution in [3.8, 4) is 0 Å². The molecule has 4 heavy (non-hydrogen) atoms. The van der Waals surface area contributed by atoms with Crippen LogP contribution in [-0.4, -0.2) is 0 Å². The first-order chi connectivity index (χ1) is 0. The first kappa shape index (κ1) is 37.9. The molecule has 0 bridgehead atoms. The van der Waals surface area contributed by atoms with E-state index in [0.29, 0.717) is 0 Å². The van der Waals surface area contributed by atoms with E-state index in [0.717, 1.165) is 0 Å². The van der Waals surface area contributed by atoms with Gasteiger partial charge in [-0.15, -0.1) is 0 Å². The minimum atomic E-state index is 0. The molecule has 0 heterocycles. The number of hydrogen-bond donors (Lipinski definition) is 0. The van der Waals surface area contributed by atoms with Crippen LogP contribution in [0.25, 0.3) is 0 Å². The molecule has 25 valence electrons. The van der Waals surface area contributed by atoms with Crippen molar-refractivity contribution in [1.29, 1.82) is 0 Å². The Kier molecular flexibility index (Phi) is 191. The van der Waals surface area contributed by atoms with Crippen LogP contribution in [-0.2, 0) is 61.2 Å². The van der Waals surface area contributed by atoms with Crippen LogP contribution in [0.4, 0.5) is 0 Å². The van der Waals surface area contributed by atoms with Crippen molar-refractivity contribution in [2.45, 2.75) is 7.43 Å². The maximum atomic E-state index is 0. The Hall–Kier alpha value is 1.97. The van der Waals surface area contributed by atoms with E-state index in [9.17, 15) is 0 Å². The second-order valence-corrected chi connectivity index (χ2v) is 0. The summed E-state index contributed by atoms with van der Waals surface area (Å²) in [6.45, 7) is 0. The molecule has 0 aliphatic carbocycles. The molecule has 0 aromatic heterocycles. The summed E-state index contributed by atoms with van der Waals surface area (Å²) in [4.78, 5) is 0. The van der Waals surface area contributed by atoms with Gasteiger partial charge in [0, 0.05) is 61.2 Å². The van der Waals surface area contributed by atoms with E-state index in [2.05, 4.69) is 0 Å². The summed E-state index contributed by atoms with van der Waals surface area (Å²) in [5, 5.41) is 0. The summed E-state index contributed by atoms with van der Waals surface area (Å²) in [5.41, 5.74) is 0. The Labute approximate surface area is 68.0 Å². The van der Waals surface area contributed by atoms with Crippen LogP contribution in [0, 0.1) is 0 Å². The van der Waals surface area contributed by atoms with Gasteiger partial charge in [-0.1, -0.05) is 7.43 Å². The molecule has 0 aromatic carbocycles. The van der Waals surface area contributed by atoms with E-state index in [1.54, 1.807) is 0 Å². The topological polar surface area (TPSA) is 0 Å². The van der Waals surface area contributed by atoms with Crippen molar-refractivity contribution < 1.29 is 61.2 Å². The monoisotopic (exact) mass is 213 g/mol. The zero-order valence-corrected chi connectivity index (χ0v) is 6.17. The Morgan fingerprint density at radius 3 is 1.00 bits per heavy atom. The summed E-state index contributed by atoms with van der Waals surface area (Å²) in [6.07, 6.45) is 0. The minimum Gasteiger partial charge on any atom is -0.0776 e. The SMILES string of the molecule is C.[Fe].[Nb].[Ti]. The average molecular weight is 213 g/mol. The molecule has 1 radical (unpaired) electrons. The van der Waals surface area contributed by atoms with Crippen molar-refractivity contribution in [2.75, 3.05) is 0 Å². The fourth-order valence-corrected chi connectivity index (χ4v) is 0. The van der Waals surface area contributed by atoms with Gasteiger partial charge in [0.1, 0.15) is 0 Å². The zero-order chi connectivity index (χ0) is 0. The first-order valence-corrected chi connectivity index (χ1v) is 0. The van der Waals surface area contributed by atoms with Crippen LogP contribution in [0.2, 0.25) is 0 Å². The van der Waals surface area contributed by atoms with E-state index >= 15 is 0 Å². The van der Waals surface area contributed by atoms with Gasteiger partial charge in [0.25, 0.3) is 0 Å². The normalized spacial score (nSPS) is 0.